The zero-order chi connectivity index (χ0) is 7.68. The summed E-state index contributed by atoms with van der Waals surface area (Å²) >= 11 is 5.60. The predicted octanol–water partition coefficient (Wildman–Crippen LogP) is 1.70. The number of aryl methyl sites for hydroxylation is 2. The van der Waals surface area contributed by atoms with Gasteiger partial charge in [-0.1, -0.05) is 0 Å². The molecule has 0 spiro atoms. The minimum Gasteiger partial charge on any atom is -0.240 e. The van der Waals surface area contributed by atoms with Crippen molar-refractivity contribution in [3.8, 4) is 0 Å². The number of nitrogens with zero attached hydrogens (tertiary/aromatic N) is 2. The van der Waals surface area contributed by atoms with E-state index in [0.29, 0.717) is 5.88 Å². The molecule has 2 rings (SSSR count). The fourth-order valence-electron chi connectivity index (χ4n) is 1.42. The van der Waals surface area contributed by atoms with Gasteiger partial charge in [-0.05, 0) is 24.8 Å². The quantitative estimate of drug-likeness (QED) is 0.597. The Morgan fingerprint density at radius 2 is 2.36 bits per heavy atom. The molecule has 0 unspecified atom stereocenters. The summed E-state index contributed by atoms with van der Waals surface area (Å²) in [6, 6.07) is 0. The first-order valence-corrected chi connectivity index (χ1v) is 4.33. The van der Waals surface area contributed by atoms with Crippen molar-refractivity contribution in [3.05, 3.63) is 23.3 Å². The molecule has 0 atom stereocenters. The summed E-state index contributed by atoms with van der Waals surface area (Å²) in [5.74, 6) is 1.18. The number of hydrogen-bond acceptors (Lipinski definition) is 2. The third kappa shape index (κ3) is 1.23. The van der Waals surface area contributed by atoms with E-state index < -0.39 is 0 Å². The van der Waals surface area contributed by atoms with Crippen molar-refractivity contribution >= 4 is 11.6 Å². The highest BCUT2D eigenvalue weighted by Gasteiger charge is 2.12. The van der Waals surface area contributed by atoms with E-state index in [1.165, 1.54) is 17.7 Å². The maximum absolute atomic E-state index is 5.60. The second kappa shape index (κ2) is 2.78. The molecule has 0 saturated carbocycles. The van der Waals surface area contributed by atoms with Crippen LogP contribution in [-0.4, -0.2) is 9.97 Å². The maximum atomic E-state index is 5.60. The molecule has 1 heterocycles. The van der Waals surface area contributed by atoms with Crippen molar-refractivity contribution < 1.29 is 0 Å². The van der Waals surface area contributed by atoms with Crippen LogP contribution in [-0.2, 0) is 18.7 Å². The largest absolute Gasteiger partial charge is 0.240 e. The number of hydrogen-bond donors (Lipinski definition) is 0. The van der Waals surface area contributed by atoms with Crippen LogP contribution in [0.2, 0.25) is 0 Å². The Bertz CT molecular complexity index is 273. The van der Waals surface area contributed by atoms with Crippen LogP contribution in [0.25, 0.3) is 0 Å². The van der Waals surface area contributed by atoms with Gasteiger partial charge in [-0.15, -0.1) is 11.6 Å². The van der Waals surface area contributed by atoms with Crippen molar-refractivity contribution in [3.63, 3.8) is 0 Å². The molecule has 0 aromatic carbocycles. The molecule has 11 heavy (non-hydrogen) atoms. The van der Waals surface area contributed by atoms with Crippen molar-refractivity contribution in [2.45, 2.75) is 25.1 Å². The molecule has 0 N–H and O–H groups in total. The lowest BCUT2D eigenvalue weighted by atomic mass is 10.3. The maximum Gasteiger partial charge on any atom is 0.143 e. The standard InChI is InChI=1S/C8H9ClN2/c9-4-8-10-5-6-2-1-3-7(6)11-8/h5H,1-4H2. The van der Waals surface area contributed by atoms with Gasteiger partial charge < -0.3 is 0 Å². The van der Waals surface area contributed by atoms with Crippen LogP contribution in [0.5, 0.6) is 0 Å². The van der Waals surface area contributed by atoms with Crippen molar-refractivity contribution in [2.75, 3.05) is 0 Å². The zero-order valence-electron chi connectivity index (χ0n) is 6.18. The monoisotopic (exact) mass is 168 g/mol. The van der Waals surface area contributed by atoms with Gasteiger partial charge in [-0.3, -0.25) is 0 Å². The highest BCUT2D eigenvalue weighted by Crippen LogP contribution is 2.18. The summed E-state index contributed by atoms with van der Waals surface area (Å²) in [4.78, 5) is 8.45. The SMILES string of the molecule is ClCc1ncc2c(n1)CCC2. The predicted molar refractivity (Wildman–Crippen MR) is 43.6 cm³/mol. The van der Waals surface area contributed by atoms with E-state index in [1.807, 2.05) is 6.20 Å². The van der Waals surface area contributed by atoms with Gasteiger partial charge >= 0.3 is 0 Å². The summed E-state index contributed by atoms with van der Waals surface area (Å²) in [6.07, 6.45) is 5.36. The second-order valence-electron chi connectivity index (χ2n) is 2.75. The van der Waals surface area contributed by atoms with Crippen LogP contribution >= 0.6 is 11.6 Å². The Kier molecular flexibility index (Phi) is 1.78. The van der Waals surface area contributed by atoms with Crippen LogP contribution in [0, 0.1) is 0 Å². The van der Waals surface area contributed by atoms with Gasteiger partial charge in [0.05, 0.1) is 5.88 Å². The summed E-state index contributed by atoms with van der Waals surface area (Å²) in [7, 11) is 0. The summed E-state index contributed by atoms with van der Waals surface area (Å²) in [5, 5.41) is 0. The minimum absolute atomic E-state index is 0.424. The summed E-state index contributed by atoms with van der Waals surface area (Å²) < 4.78 is 0. The van der Waals surface area contributed by atoms with Gasteiger partial charge in [0.15, 0.2) is 0 Å². The van der Waals surface area contributed by atoms with Gasteiger partial charge in [0, 0.05) is 11.9 Å². The minimum atomic E-state index is 0.424. The fourth-order valence-corrected chi connectivity index (χ4v) is 1.55. The number of aromatic nitrogens is 2. The van der Waals surface area contributed by atoms with Crippen molar-refractivity contribution in [1.29, 1.82) is 0 Å². The van der Waals surface area contributed by atoms with Crippen LogP contribution in [0.3, 0.4) is 0 Å². The smallest absolute Gasteiger partial charge is 0.143 e. The molecule has 0 bridgehead atoms. The molecule has 1 aliphatic carbocycles. The lowest BCUT2D eigenvalue weighted by Crippen LogP contribution is -1.96. The number of halogens is 1. The summed E-state index contributed by atoms with van der Waals surface area (Å²) in [6.45, 7) is 0. The lowest BCUT2D eigenvalue weighted by molar-refractivity contribution is 0.893. The molecule has 58 valence electrons. The topological polar surface area (TPSA) is 25.8 Å². The third-order valence-electron chi connectivity index (χ3n) is 1.98. The molecule has 0 fully saturated rings. The van der Waals surface area contributed by atoms with Gasteiger partial charge in [-0.2, -0.15) is 0 Å². The molecule has 1 aromatic rings. The van der Waals surface area contributed by atoms with Crippen LogP contribution in [0.15, 0.2) is 6.20 Å². The van der Waals surface area contributed by atoms with Gasteiger partial charge in [-0.25, -0.2) is 9.97 Å². The summed E-state index contributed by atoms with van der Waals surface area (Å²) in [5.41, 5.74) is 2.51. The average molecular weight is 169 g/mol. The van der Waals surface area contributed by atoms with Crippen molar-refractivity contribution in [1.82, 2.24) is 9.97 Å². The normalized spacial score (nSPS) is 15.0. The van der Waals surface area contributed by atoms with E-state index in [2.05, 4.69) is 9.97 Å². The molecule has 3 heteroatoms. The molecule has 0 aliphatic heterocycles. The molecule has 0 saturated heterocycles. The van der Waals surface area contributed by atoms with Crippen LogP contribution in [0.4, 0.5) is 0 Å². The van der Waals surface area contributed by atoms with E-state index in [1.54, 1.807) is 0 Å². The van der Waals surface area contributed by atoms with Gasteiger partial charge in [0.25, 0.3) is 0 Å². The average Bonchev–Trinajstić information content (AvgIpc) is 2.50. The number of rotatable bonds is 1. The van der Waals surface area contributed by atoms with Gasteiger partial charge in [0.2, 0.25) is 0 Å². The molecular formula is C8H9ClN2. The Labute approximate surface area is 70.6 Å². The first-order valence-electron chi connectivity index (χ1n) is 3.80. The first-order chi connectivity index (χ1) is 5.40. The third-order valence-corrected chi connectivity index (χ3v) is 2.22. The lowest BCUT2D eigenvalue weighted by Gasteiger charge is -1.98. The Morgan fingerprint density at radius 3 is 3.18 bits per heavy atom. The highest BCUT2D eigenvalue weighted by atomic mass is 35.5. The molecule has 1 aromatic heterocycles. The number of fused-ring (bicyclic) bond motifs is 1. The van der Waals surface area contributed by atoms with E-state index in [0.717, 1.165) is 18.7 Å². The molecule has 2 nitrogen and oxygen atoms in total. The van der Waals surface area contributed by atoms with E-state index in [4.69, 9.17) is 11.6 Å². The van der Waals surface area contributed by atoms with Crippen LogP contribution in [0.1, 0.15) is 23.5 Å². The molecule has 0 radical (unpaired) electrons. The van der Waals surface area contributed by atoms with E-state index >= 15 is 0 Å². The van der Waals surface area contributed by atoms with E-state index in [-0.39, 0.29) is 0 Å². The Balaban J connectivity index is 2.41. The highest BCUT2D eigenvalue weighted by molar-refractivity contribution is 6.16. The fraction of sp³-hybridized carbons (Fsp3) is 0.500. The number of alkyl halides is 1. The molecular weight excluding hydrogens is 160 g/mol. The molecule has 1 aliphatic rings. The van der Waals surface area contributed by atoms with Gasteiger partial charge in [0.1, 0.15) is 5.82 Å². The second-order valence-corrected chi connectivity index (χ2v) is 3.01. The Hall–Kier alpha value is -0.630. The van der Waals surface area contributed by atoms with E-state index in [9.17, 15) is 0 Å². The van der Waals surface area contributed by atoms with Crippen LogP contribution < -0.4 is 0 Å². The molecule has 0 amide bonds. The first kappa shape index (κ1) is 7.04. The Morgan fingerprint density at radius 1 is 1.45 bits per heavy atom. The zero-order valence-corrected chi connectivity index (χ0v) is 6.93. The van der Waals surface area contributed by atoms with Crippen molar-refractivity contribution in [2.24, 2.45) is 0 Å².